The zero-order chi connectivity index (χ0) is 13.7. The van der Waals surface area contributed by atoms with Gasteiger partial charge in [0.2, 0.25) is 5.75 Å². The Hall–Kier alpha value is -2.42. The molecule has 0 aliphatic rings. The first-order valence-corrected chi connectivity index (χ1v) is 6.05. The van der Waals surface area contributed by atoms with Crippen LogP contribution in [0, 0.1) is 13.8 Å². The van der Waals surface area contributed by atoms with Crippen LogP contribution in [0.4, 0.5) is 0 Å². The predicted molar refractivity (Wildman–Crippen MR) is 74.4 cm³/mol. The molecule has 0 heterocycles. The van der Waals surface area contributed by atoms with Crippen molar-refractivity contribution in [1.29, 1.82) is 0 Å². The van der Waals surface area contributed by atoms with Crippen LogP contribution in [0.15, 0.2) is 30.3 Å². The number of hydrogen-bond donors (Lipinski definition) is 2. The van der Waals surface area contributed by atoms with E-state index in [1.54, 1.807) is 26.0 Å². The summed E-state index contributed by atoms with van der Waals surface area (Å²) in [6.45, 7) is 3.49. The molecule has 3 aromatic carbocycles. The molecule has 0 saturated carbocycles. The minimum Gasteiger partial charge on any atom is -0.507 e. The molecular weight excluding hydrogens is 240 g/mol. The van der Waals surface area contributed by atoms with Crippen molar-refractivity contribution in [2.45, 2.75) is 13.8 Å². The first kappa shape index (κ1) is 11.7. The zero-order valence-corrected chi connectivity index (χ0v) is 10.7. The van der Waals surface area contributed by atoms with Gasteiger partial charge in [0, 0.05) is 0 Å². The maximum Gasteiger partial charge on any atom is 0.201 e. The third kappa shape index (κ3) is 1.51. The zero-order valence-electron chi connectivity index (χ0n) is 10.7. The van der Waals surface area contributed by atoms with Gasteiger partial charge in [-0.1, -0.05) is 24.3 Å². The highest BCUT2D eigenvalue weighted by Crippen LogP contribution is 2.44. The Bertz CT molecular complexity index is 753. The smallest absolute Gasteiger partial charge is 0.201 e. The fraction of sp³-hybridized carbons (Fsp3) is 0.125. The maximum atomic E-state index is 12.5. The lowest BCUT2D eigenvalue weighted by atomic mass is 9.97. The second kappa shape index (κ2) is 3.79. The van der Waals surface area contributed by atoms with Crippen LogP contribution in [0.1, 0.15) is 11.1 Å². The van der Waals surface area contributed by atoms with Gasteiger partial charge in [0.05, 0.1) is 10.8 Å². The molecule has 3 nitrogen and oxygen atoms in total. The Morgan fingerprint density at radius 1 is 0.789 bits per heavy atom. The number of aryl methyl sites for hydroxylation is 2. The van der Waals surface area contributed by atoms with Crippen LogP contribution in [0.3, 0.4) is 0 Å². The minimum absolute atomic E-state index is 0.00898. The molecule has 0 unspecified atom stereocenters. The number of rotatable bonds is 0. The molecule has 0 bridgehead atoms. The number of hydrogen-bond acceptors (Lipinski definition) is 2. The summed E-state index contributed by atoms with van der Waals surface area (Å²) >= 11 is 0. The second-order valence-corrected chi connectivity index (χ2v) is 4.86. The Kier molecular flexibility index (Phi) is 2.32. The molecule has 0 saturated heterocycles. The van der Waals surface area contributed by atoms with Crippen molar-refractivity contribution in [2.24, 2.45) is 0 Å². The van der Waals surface area contributed by atoms with Gasteiger partial charge in [0.15, 0.2) is 0 Å². The lowest BCUT2D eigenvalue weighted by Crippen LogP contribution is -1.84. The molecule has 19 heavy (non-hydrogen) atoms. The van der Waals surface area contributed by atoms with E-state index in [1.807, 2.05) is 18.2 Å². The van der Waals surface area contributed by atoms with Gasteiger partial charge in [-0.25, -0.2) is 0 Å². The highest BCUT2D eigenvalue weighted by Gasteiger charge is 2.17. The molecule has 0 aromatic heterocycles. The highest BCUT2D eigenvalue weighted by molar-refractivity contribution is 6.10. The highest BCUT2D eigenvalue weighted by atomic mass is 16.3. The molecular formula is C16H13O3. The van der Waals surface area contributed by atoms with E-state index in [-0.39, 0.29) is 28.0 Å². The standard InChI is InChI=1S/C16H13O3/c1-8-3-5-10-7-11-6-4-9(2)15(18)13(11)16(19)12(10)14(8)17/h3-7,17-18H,1-2H3. The normalized spacial score (nSPS) is 11.3. The SMILES string of the molecule is Cc1ccc2cc3ccc(C)c(O)c3c([O])c2c1O. The van der Waals surface area contributed by atoms with Crippen molar-refractivity contribution in [1.82, 2.24) is 0 Å². The van der Waals surface area contributed by atoms with Gasteiger partial charge in [0.25, 0.3) is 0 Å². The Balaban J connectivity index is 2.62. The van der Waals surface area contributed by atoms with Crippen LogP contribution in [-0.4, -0.2) is 10.2 Å². The van der Waals surface area contributed by atoms with Gasteiger partial charge in [0.1, 0.15) is 11.5 Å². The molecule has 2 N–H and O–H groups in total. The molecule has 1 radical (unpaired) electrons. The Morgan fingerprint density at radius 2 is 1.21 bits per heavy atom. The third-order valence-corrected chi connectivity index (χ3v) is 3.59. The molecule has 0 aliphatic carbocycles. The summed E-state index contributed by atoms with van der Waals surface area (Å²) in [4.78, 5) is 0. The molecule has 0 aliphatic heterocycles. The molecule has 3 heteroatoms. The van der Waals surface area contributed by atoms with Crippen molar-refractivity contribution >= 4 is 21.5 Å². The molecule has 3 rings (SSSR count). The Labute approximate surface area is 110 Å². The summed E-state index contributed by atoms with van der Waals surface area (Å²) < 4.78 is 0. The Morgan fingerprint density at radius 3 is 1.63 bits per heavy atom. The first-order valence-electron chi connectivity index (χ1n) is 6.05. The van der Waals surface area contributed by atoms with Crippen molar-refractivity contribution in [3.05, 3.63) is 41.5 Å². The maximum absolute atomic E-state index is 12.5. The topological polar surface area (TPSA) is 60.4 Å². The van der Waals surface area contributed by atoms with E-state index in [2.05, 4.69) is 0 Å². The predicted octanol–water partition coefficient (Wildman–Crippen LogP) is 4.16. The average Bonchev–Trinajstić information content (AvgIpc) is 2.38. The number of fused-ring (bicyclic) bond motifs is 2. The average molecular weight is 253 g/mol. The molecule has 95 valence electrons. The van der Waals surface area contributed by atoms with Gasteiger partial charge in [-0.2, -0.15) is 0 Å². The summed E-state index contributed by atoms with van der Waals surface area (Å²) in [7, 11) is 0. The summed E-state index contributed by atoms with van der Waals surface area (Å²) in [6, 6.07) is 8.97. The fourth-order valence-corrected chi connectivity index (χ4v) is 2.43. The first-order chi connectivity index (χ1) is 9.00. The van der Waals surface area contributed by atoms with Gasteiger partial charge >= 0.3 is 0 Å². The van der Waals surface area contributed by atoms with E-state index in [0.29, 0.717) is 21.9 Å². The van der Waals surface area contributed by atoms with Crippen LogP contribution in [-0.2, 0) is 5.11 Å². The van der Waals surface area contributed by atoms with Gasteiger partial charge in [-0.05, 0) is 41.8 Å². The van der Waals surface area contributed by atoms with Gasteiger partial charge in [-0.3, -0.25) is 5.11 Å². The quantitative estimate of drug-likeness (QED) is 0.591. The van der Waals surface area contributed by atoms with Crippen molar-refractivity contribution < 1.29 is 15.3 Å². The van der Waals surface area contributed by atoms with Crippen molar-refractivity contribution in [3.63, 3.8) is 0 Å². The van der Waals surface area contributed by atoms with Crippen LogP contribution >= 0.6 is 0 Å². The van der Waals surface area contributed by atoms with Crippen LogP contribution in [0.5, 0.6) is 17.2 Å². The molecule has 0 atom stereocenters. The van der Waals surface area contributed by atoms with E-state index in [1.165, 1.54) is 0 Å². The summed E-state index contributed by atoms with van der Waals surface area (Å²) in [6.07, 6.45) is 0. The number of phenolic OH excluding ortho intramolecular Hbond substituents is 2. The van der Waals surface area contributed by atoms with E-state index < -0.39 is 0 Å². The monoisotopic (exact) mass is 253 g/mol. The van der Waals surface area contributed by atoms with E-state index in [4.69, 9.17) is 0 Å². The summed E-state index contributed by atoms with van der Waals surface area (Å²) in [5.41, 5.74) is 1.30. The molecule has 0 fully saturated rings. The number of phenols is 2. The van der Waals surface area contributed by atoms with E-state index in [0.717, 1.165) is 0 Å². The molecule has 3 aromatic rings. The molecule has 0 spiro atoms. The lowest BCUT2D eigenvalue weighted by Gasteiger charge is -2.10. The summed E-state index contributed by atoms with van der Waals surface area (Å²) in [5.74, 6) is -0.342. The van der Waals surface area contributed by atoms with Crippen LogP contribution < -0.4 is 0 Å². The third-order valence-electron chi connectivity index (χ3n) is 3.59. The number of benzene rings is 3. The van der Waals surface area contributed by atoms with E-state index in [9.17, 15) is 15.3 Å². The van der Waals surface area contributed by atoms with Gasteiger partial charge in [-0.15, -0.1) is 0 Å². The molecule has 0 amide bonds. The summed E-state index contributed by atoms with van der Waals surface area (Å²) in [5, 5.41) is 34.6. The van der Waals surface area contributed by atoms with Crippen LogP contribution in [0.2, 0.25) is 0 Å². The second-order valence-electron chi connectivity index (χ2n) is 4.86. The minimum atomic E-state index is -0.324. The van der Waals surface area contributed by atoms with Crippen molar-refractivity contribution in [2.75, 3.05) is 0 Å². The van der Waals surface area contributed by atoms with Crippen LogP contribution in [0.25, 0.3) is 21.5 Å². The van der Waals surface area contributed by atoms with Crippen molar-refractivity contribution in [3.8, 4) is 17.2 Å². The number of aromatic hydroxyl groups is 2. The van der Waals surface area contributed by atoms with E-state index >= 15 is 0 Å². The van der Waals surface area contributed by atoms with Gasteiger partial charge < -0.3 is 10.2 Å². The lowest BCUT2D eigenvalue weighted by molar-refractivity contribution is 0.361. The largest absolute Gasteiger partial charge is 0.507 e. The fourth-order valence-electron chi connectivity index (χ4n) is 2.43.